The first kappa shape index (κ1) is 18.2. The van der Waals surface area contributed by atoms with Crippen molar-refractivity contribution < 1.29 is 4.74 Å². The molecule has 0 amide bonds. The van der Waals surface area contributed by atoms with Crippen LogP contribution in [0.5, 0.6) is 0 Å². The number of hydrogen-bond donors (Lipinski definition) is 2. The molecule has 0 aliphatic carbocycles. The number of aliphatic imine (C=N–C) groups is 1. The van der Waals surface area contributed by atoms with Crippen LogP contribution in [0.25, 0.3) is 0 Å². The van der Waals surface area contributed by atoms with Gasteiger partial charge in [-0.3, -0.25) is 9.67 Å². The van der Waals surface area contributed by atoms with E-state index in [2.05, 4.69) is 20.7 Å². The van der Waals surface area contributed by atoms with Crippen molar-refractivity contribution in [2.75, 3.05) is 33.4 Å². The van der Waals surface area contributed by atoms with Crippen LogP contribution in [0.3, 0.4) is 0 Å². The van der Waals surface area contributed by atoms with Crippen molar-refractivity contribution in [1.82, 2.24) is 20.4 Å². The lowest BCUT2D eigenvalue weighted by molar-refractivity contribution is 0.152. The third-order valence-electron chi connectivity index (χ3n) is 2.43. The highest BCUT2D eigenvalue weighted by molar-refractivity contribution is 14.0. The van der Waals surface area contributed by atoms with Crippen molar-refractivity contribution in [2.45, 2.75) is 13.3 Å². The van der Waals surface area contributed by atoms with Gasteiger partial charge in [0.05, 0.1) is 12.8 Å². The summed E-state index contributed by atoms with van der Waals surface area (Å²) in [5.74, 6) is 0.804. The van der Waals surface area contributed by atoms with Crippen LogP contribution in [-0.2, 0) is 18.2 Å². The zero-order valence-electron chi connectivity index (χ0n) is 11.8. The molecule has 6 nitrogen and oxygen atoms in total. The molecule has 0 aliphatic rings. The highest BCUT2D eigenvalue weighted by Crippen LogP contribution is 1.95. The Hall–Kier alpha value is -0.830. The lowest BCUT2D eigenvalue weighted by Gasteiger charge is -2.11. The molecule has 1 rings (SSSR count). The maximum atomic E-state index is 5.25. The molecule has 2 N–H and O–H groups in total. The highest BCUT2D eigenvalue weighted by Gasteiger charge is 1.98. The van der Waals surface area contributed by atoms with Gasteiger partial charge in [0.2, 0.25) is 0 Å². The summed E-state index contributed by atoms with van der Waals surface area (Å²) in [5, 5.41) is 10.6. The third kappa shape index (κ3) is 8.04. The van der Waals surface area contributed by atoms with Gasteiger partial charge in [0.25, 0.3) is 0 Å². The van der Waals surface area contributed by atoms with Gasteiger partial charge < -0.3 is 15.4 Å². The molecule has 7 heteroatoms. The zero-order valence-corrected chi connectivity index (χ0v) is 14.2. The van der Waals surface area contributed by atoms with Crippen LogP contribution in [0.4, 0.5) is 0 Å². The van der Waals surface area contributed by atoms with E-state index in [-0.39, 0.29) is 24.0 Å². The maximum absolute atomic E-state index is 5.25. The summed E-state index contributed by atoms with van der Waals surface area (Å²) >= 11 is 0. The van der Waals surface area contributed by atoms with Gasteiger partial charge in [-0.1, -0.05) is 0 Å². The first-order chi connectivity index (χ1) is 8.76. The summed E-state index contributed by atoms with van der Waals surface area (Å²) in [4.78, 5) is 4.14. The lowest BCUT2D eigenvalue weighted by atomic mass is 10.2. The molecule has 0 unspecified atom stereocenters. The van der Waals surface area contributed by atoms with Gasteiger partial charge in [0, 0.05) is 40.0 Å². The molecule has 1 aromatic rings. The fourth-order valence-electron chi connectivity index (χ4n) is 1.53. The van der Waals surface area contributed by atoms with Crippen LogP contribution < -0.4 is 10.6 Å². The van der Waals surface area contributed by atoms with Crippen LogP contribution in [0, 0.1) is 0 Å². The number of nitrogens with zero attached hydrogens (tertiary/aromatic N) is 3. The Morgan fingerprint density at radius 1 is 1.42 bits per heavy atom. The molecule has 0 aliphatic heterocycles. The Kier molecular flexibility index (Phi) is 10.6. The Labute approximate surface area is 132 Å². The van der Waals surface area contributed by atoms with Crippen molar-refractivity contribution in [1.29, 1.82) is 0 Å². The lowest BCUT2D eigenvalue weighted by Crippen LogP contribution is -2.39. The number of hydrogen-bond acceptors (Lipinski definition) is 3. The number of halogens is 1. The quantitative estimate of drug-likeness (QED) is 0.317. The molecule has 0 bridgehead atoms. The average Bonchev–Trinajstić information content (AvgIpc) is 2.78. The van der Waals surface area contributed by atoms with Crippen molar-refractivity contribution in [3.63, 3.8) is 0 Å². The molecule has 0 fully saturated rings. The monoisotopic (exact) mass is 381 g/mol. The van der Waals surface area contributed by atoms with Gasteiger partial charge in [-0.25, -0.2) is 0 Å². The summed E-state index contributed by atoms with van der Waals surface area (Å²) in [7, 11) is 3.69. The predicted molar refractivity (Wildman–Crippen MR) is 88.2 cm³/mol. The van der Waals surface area contributed by atoms with E-state index in [1.165, 1.54) is 5.56 Å². The van der Waals surface area contributed by atoms with E-state index in [1.54, 1.807) is 7.05 Å². The minimum absolute atomic E-state index is 0. The van der Waals surface area contributed by atoms with Gasteiger partial charge in [-0.2, -0.15) is 5.10 Å². The number of aryl methyl sites for hydroxylation is 1. The van der Waals surface area contributed by atoms with Gasteiger partial charge in [-0.05, 0) is 18.9 Å². The van der Waals surface area contributed by atoms with Crippen LogP contribution in [0.1, 0.15) is 12.5 Å². The Morgan fingerprint density at radius 2 is 2.16 bits per heavy atom. The number of ether oxygens (including phenoxy) is 1. The summed E-state index contributed by atoms with van der Waals surface area (Å²) < 4.78 is 7.06. The molecule has 0 radical (unpaired) electrons. The zero-order chi connectivity index (χ0) is 13.2. The molecule has 19 heavy (non-hydrogen) atoms. The minimum atomic E-state index is 0. The van der Waals surface area contributed by atoms with E-state index in [4.69, 9.17) is 4.74 Å². The highest BCUT2D eigenvalue weighted by atomic mass is 127. The second-order valence-corrected chi connectivity index (χ2v) is 3.89. The Balaban J connectivity index is 0.00000324. The summed E-state index contributed by atoms with van der Waals surface area (Å²) in [6.07, 6.45) is 4.83. The second-order valence-electron chi connectivity index (χ2n) is 3.89. The van der Waals surface area contributed by atoms with Gasteiger partial charge in [0.1, 0.15) is 0 Å². The summed E-state index contributed by atoms with van der Waals surface area (Å²) in [6, 6.07) is 0. The van der Waals surface area contributed by atoms with Crippen LogP contribution in [-0.4, -0.2) is 49.1 Å². The standard InChI is InChI=1S/C12H23N5O.HI/c1-4-18-8-7-15-12(13-2)14-6-5-11-9-16-17(3)10-11;/h9-10H,4-8H2,1-3H3,(H2,13,14,15);1H. The molecule has 1 aromatic heterocycles. The molecular formula is C12H24IN5O. The molecule has 0 aromatic carbocycles. The second kappa shape index (κ2) is 11.0. The average molecular weight is 381 g/mol. The molecule has 110 valence electrons. The Morgan fingerprint density at radius 3 is 2.74 bits per heavy atom. The van der Waals surface area contributed by atoms with Gasteiger partial charge in [-0.15, -0.1) is 24.0 Å². The van der Waals surface area contributed by atoms with Crippen LogP contribution in [0.2, 0.25) is 0 Å². The number of rotatable bonds is 7. The first-order valence-electron chi connectivity index (χ1n) is 6.26. The minimum Gasteiger partial charge on any atom is -0.380 e. The topological polar surface area (TPSA) is 63.5 Å². The molecule has 0 saturated carbocycles. The molecule has 0 atom stereocenters. The smallest absolute Gasteiger partial charge is 0.191 e. The Bertz CT molecular complexity index is 367. The van der Waals surface area contributed by atoms with Crippen LogP contribution in [0.15, 0.2) is 17.4 Å². The van der Waals surface area contributed by atoms with E-state index in [9.17, 15) is 0 Å². The predicted octanol–water partition coefficient (Wildman–Crippen LogP) is 0.782. The van der Waals surface area contributed by atoms with Crippen molar-refractivity contribution >= 4 is 29.9 Å². The number of aromatic nitrogens is 2. The third-order valence-corrected chi connectivity index (χ3v) is 2.43. The van der Waals surface area contributed by atoms with E-state index < -0.39 is 0 Å². The largest absolute Gasteiger partial charge is 0.380 e. The van der Waals surface area contributed by atoms with E-state index in [0.717, 1.165) is 32.1 Å². The van der Waals surface area contributed by atoms with E-state index in [0.29, 0.717) is 6.61 Å². The SMILES string of the molecule is CCOCCNC(=NC)NCCc1cnn(C)c1.I. The first-order valence-corrected chi connectivity index (χ1v) is 6.26. The number of nitrogens with one attached hydrogen (secondary N) is 2. The fraction of sp³-hybridized carbons (Fsp3) is 0.667. The van der Waals surface area contributed by atoms with Gasteiger partial charge in [0.15, 0.2) is 5.96 Å². The molecule has 0 saturated heterocycles. The molecule has 0 spiro atoms. The summed E-state index contributed by atoms with van der Waals surface area (Å²) in [6.45, 7) is 5.02. The van der Waals surface area contributed by atoms with Crippen molar-refractivity contribution in [3.8, 4) is 0 Å². The van der Waals surface area contributed by atoms with Crippen molar-refractivity contribution in [2.24, 2.45) is 12.0 Å². The molecule has 1 heterocycles. The van der Waals surface area contributed by atoms with E-state index in [1.807, 2.05) is 31.0 Å². The number of guanidine groups is 1. The fourth-order valence-corrected chi connectivity index (χ4v) is 1.53. The maximum Gasteiger partial charge on any atom is 0.191 e. The van der Waals surface area contributed by atoms with Crippen molar-refractivity contribution in [3.05, 3.63) is 18.0 Å². The van der Waals surface area contributed by atoms with E-state index >= 15 is 0 Å². The van der Waals surface area contributed by atoms with Crippen LogP contribution >= 0.6 is 24.0 Å². The summed E-state index contributed by atoms with van der Waals surface area (Å²) in [5.41, 5.74) is 1.22. The van der Waals surface area contributed by atoms with Gasteiger partial charge >= 0.3 is 0 Å². The molecular weight excluding hydrogens is 357 g/mol. The normalized spacial score (nSPS) is 11.0.